The quantitative estimate of drug-likeness (QED) is 0.232. The monoisotopic (exact) mass is 597 g/mol. The largest absolute Gasteiger partial charge is 0.451 e. The molecule has 0 bridgehead atoms. The summed E-state index contributed by atoms with van der Waals surface area (Å²) in [6, 6.07) is 9.66. The highest BCUT2D eigenvalue weighted by molar-refractivity contribution is 6.02. The highest BCUT2D eigenvalue weighted by atomic mass is 16.3. The average molecular weight is 598 g/mol. The van der Waals surface area contributed by atoms with E-state index in [0.717, 1.165) is 56.8 Å². The van der Waals surface area contributed by atoms with Gasteiger partial charge in [0.05, 0.1) is 30.2 Å². The molecule has 3 amide bonds. The third kappa shape index (κ3) is 7.36. The minimum Gasteiger partial charge on any atom is -0.451 e. The van der Waals surface area contributed by atoms with E-state index in [9.17, 15) is 9.59 Å². The smallest absolute Gasteiger partial charge is 0.322 e. The number of carbonyl (C=O) groups excluding carboxylic acids is 2. The summed E-state index contributed by atoms with van der Waals surface area (Å²) in [5.74, 6) is 0.428. The molecular formula is C32H39N9O3. The second kappa shape index (κ2) is 14.1. The molecule has 2 aliphatic rings. The zero-order valence-corrected chi connectivity index (χ0v) is 25.2. The Balaban J connectivity index is 1.38. The Bertz CT molecular complexity index is 1480. The van der Waals surface area contributed by atoms with E-state index in [1.54, 1.807) is 17.2 Å². The lowest BCUT2D eigenvalue weighted by molar-refractivity contribution is -0.111. The molecule has 0 radical (unpaired) electrons. The third-order valence-electron chi connectivity index (χ3n) is 8.42. The van der Waals surface area contributed by atoms with Crippen molar-refractivity contribution in [2.45, 2.75) is 57.3 Å². The first-order valence-corrected chi connectivity index (χ1v) is 14.9. The van der Waals surface area contributed by atoms with Gasteiger partial charge in [0, 0.05) is 49.6 Å². The van der Waals surface area contributed by atoms with Crippen molar-refractivity contribution < 1.29 is 14.0 Å². The van der Waals surface area contributed by atoms with Crippen molar-refractivity contribution in [2.75, 3.05) is 47.1 Å². The van der Waals surface area contributed by atoms with E-state index < -0.39 is 0 Å². The van der Waals surface area contributed by atoms with Gasteiger partial charge in [-0.1, -0.05) is 12.6 Å². The maximum Gasteiger partial charge on any atom is 0.322 e. The number of amides is 3. The number of benzene rings is 1. The number of anilines is 4. The first-order chi connectivity index (χ1) is 21.3. The Kier molecular flexibility index (Phi) is 9.76. The van der Waals surface area contributed by atoms with Crippen molar-refractivity contribution in [1.29, 1.82) is 0 Å². The molecule has 2 fully saturated rings. The normalized spacial score (nSPS) is 20.3. The molecule has 0 spiro atoms. The number of nitrogens with one attached hydrogen (secondary N) is 3. The fraction of sp³-hybridized carbons (Fsp3) is 0.406. The number of urea groups is 1. The van der Waals surface area contributed by atoms with Crippen molar-refractivity contribution in [3.8, 4) is 0 Å². The minimum atomic E-state index is -0.308. The lowest BCUT2D eigenvalue weighted by atomic mass is 9.89. The van der Waals surface area contributed by atoms with Crippen LogP contribution in [0.5, 0.6) is 0 Å². The van der Waals surface area contributed by atoms with Gasteiger partial charge in [0.1, 0.15) is 12.1 Å². The number of carbonyl (C=O) groups is 2. The maximum atomic E-state index is 13.8. The highest BCUT2D eigenvalue weighted by Crippen LogP contribution is 2.36. The molecule has 1 aromatic carbocycles. The minimum absolute atomic E-state index is 0.0692. The Morgan fingerprint density at radius 2 is 2.00 bits per heavy atom. The molecule has 1 atom stereocenters. The topological polar surface area (TPSA) is 123 Å². The van der Waals surface area contributed by atoms with Gasteiger partial charge >= 0.3 is 6.03 Å². The average Bonchev–Trinajstić information content (AvgIpc) is 3.57. The maximum absolute atomic E-state index is 13.8. The molecule has 1 saturated heterocycles. The first kappa shape index (κ1) is 30.6. The fourth-order valence-corrected chi connectivity index (χ4v) is 5.80. The third-order valence-corrected chi connectivity index (χ3v) is 8.42. The van der Waals surface area contributed by atoms with Gasteiger partial charge in [-0.25, -0.2) is 14.6 Å². The molecule has 44 heavy (non-hydrogen) atoms. The number of oxazole rings is 1. The Labute approximate surface area is 258 Å². The number of piperazine rings is 1. The summed E-state index contributed by atoms with van der Waals surface area (Å²) >= 11 is 0. The number of aromatic nitrogens is 2. The standard InChI is InChI=1S/C32H39N9O3/c1-5-31(42)38-28-16-27(11-12-29(28)40-15-14-39(4)22(2)19-40)41(32(43)35-18-25-20-44-21-36-25)26-9-6-23(7-10-26)37-30-13-8-24(33-3)17-34-30/h5,8,11-13,16-17,20-23,26H,1,6-7,9-10,14-15,18-19H2,2,4H3,(H,34,37)(H,35,43)(H,38,42)/t22-,23?,26?/m0/s1. The van der Waals surface area contributed by atoms with Crippen LogP contribution < -0.4 is 25.8 Å². The molecule has 12 nitrogen and oxygen atoms in total. The van der Waals surface area contributed by atoms with Gasteiger partial charge in [-0.05, 0) is 70.0 Å². The zero-order valence-electron chi connectivity index (χ0n) is 25.2. The molecule has 0 unspecified atom stereocenters. The van der Waals surface area contributed by atoms with Crippen LogP contribution in [0.25, 0.3) is 4.85 Å². The number of pyridine rings is 1. The van der Waals surface area contributed by atoms with Crippen LogP contribution in [0.3, 0.4) is 0 Å². The summed E-state index contributed by atoms with van der Waals surface area (Å²) in [7, 11) is 2.12. The summed E-state index contributed by atoms with van der Waals surface area (Å²) < 4.78 is 5.07. The molecule has 1 aliphatic heterocycles. The number of rotatable bonds is 9. The van der Waals surface area contributed by atoms with E-state index in [-0.39, 0.29) is 30.6 Å². The van der Waals surface area contributed by atoms with Crippen LogP contribution in [0.15, 0.2) is 66.3 Å². The molecule has 1 aliphatic carbocycles. The first-order valence-electron chi connectivity index (χ1n) is 14.9. The number of likely N-dealkylation sites (N-methyl/N-ethyl adjacent to an activating group) is 1. The summed E-state index contributed by atoms with van der Waals surface area (Å²) in [6.07, 6.45) is 8.87. The van der Waals surface area contributed by atoms with Crippen LogP contribution in [0, 0.1) is 6.57 Å². The summed E-state index contributed by atoms with van der Waals surface area (Å²) in [6.45, 7) is 15.7. The van der Waals surface area contributed by atoms with Gasteiger partial charge < -0.3 is 30.2 Å². The highest BCUT2D eigenvalue weighted by Gasteiger charge is 2.31. The van der Waals surface area contributed by atoms with Crippen LogP contribution in [0.4, 0.5) is 33.4 Å². The predicted molar refractivity (Wildman–Crippen MR) is 171 cm³/mol. The van der Waals surface area contributed by atoms with E-state index in [1.807, 2.05) is 24.3 Å². The van der Waals surface area contributed by atoms with Gasteiger partial charge in [0.15, 0.2) is 6.39 Å². The second-order valence-corrected chi connectivity index (χ2v) is 11.3. The molecule has 1 saturated carbocycles. The van der Waals surface area contributed by atoms with Crippen LogP contribution in [0.1, 0.15) is 38.3 Å². The predicted octanol–water partition coefficient (Wildman–Crippen LogP) is 5.02. The van der Waals surface area contributed by atoms with Gasteiger partial charge in [-0.3, -0.25) is 14.7 Å². The van der Waals surface area contributed by atoms with Gasteiger partial charge in [0.25, 0.3) is 0 Å². The lowest BCUT2D eigenvalue weighted by Crippen LogP contribution is -2.50. The van der Waals surface area contributed by atoms with Gasteiger partial charge in [-0.15, -0.1) is 0 Å². The summed E-state index contributed by atoms with van der Waals surface area (Å²) in [5.41, 5.74) is 3.38. The van der Waals surface area contributed by atoms with Crippen molar-refractivity contribution >= 4 is 40.5 Å². The van der Waals surface area contributed by atoms with Crippen molar-refractivity contribution in [2.24, 2.45) is 0 Å². The van der Waals surface area contributed by atoms with Crippen LogP contribution >= 0.6 is 0 Å². The van der Waals surface area contributed by atoms with Crippen LogP contribution in [-0.4, -0.2) is 71.6 Å². The molecule has 5 rings (SSSR count). The summed E-state index contributed by atoms with van der Waals surface area (Å²) in [4.78, 5) is 44.6. The molecule has 2 aromatic heterocycles. The molecule has 3 N–H and O–H groups in total. The molecular weight excluding hydrogens is 558 g/mol. The SMILES string of the molecule is [C-]#[N+]c1ccc(NC2CCC(N(C(=O)NCc3cocn3)c3ccc(N4CCN(C)[C@@H](C)C4)c(NC(=O)C=C)c3)CC2)nc1. The van der Waals surface area contributed by atoms with E-state index in [2.05, 4.69) is 61.1 Å². The van der Waals surface area contributed by atoms with E-state index >= 15 is 0 Å². The van der Waals surface area contributed by atoms with E-state index in [4.69, 9.17) is 11.0 Å². The molecule has 3 aromatic rings. The molecule has 12 heteroatoms. The Morgan fingerprint density at radius 1 is 1.18 bits per heavy atom. The van der Waals surface area contributed by atoms with Gasteiger partial charge in [-0.2, -0.15) is 0 Å². The second-order valence-electron chi connectivity index (χ2n) is 11.3. The van der Waals surface area contributed by atoms with Crippen molar-refractivity contribution in [3.63, 3.8) is 0 Å². The molecule has 230 valence electrons. The fourth-order valence-electron chi connectivity index (χ4n) is 5.80. The lowest BCUT2D eigenvalue weighted by Gasteiger charge is -2.40. The van der Waals surface area contributed by atoms with Crippen molar-refractivity contribution in [1.82, 2.24) is 20.2 Å². The zero-order chi connectivity index (χ0) is 31.1. The van der Waals surface area contributed by atoms with Crippen LogP contribution in [0.2, 0.25) is 0 Å². The van der Waals surface area contributed by atoms with E-state index in [0.29, 0.717) is 28.8 Å². The number of hydrogen-bond donors (Lipinski definition) is 3. The Hall–Kier alpha value is -4.89. The summed E-state index contributed by atoms with van der Waals surface area (Å²) in [5, 5.41) is 9.46. The number of nitrogens with zero attached hydrogens (tertiary/aromatic N) is 6. The molecule has 3 heterocycles. The van der Waals surface area contributed by atoms with E-state index in [1.165, 1.54) is 18.7 Å². The number of hydrogen-bond acceptors (Lipinski definition) is 8. The van der Waals surface area contributed by atoms with Crippen molar-refractivity contribution in [3.05, 3.63) is 79.0 Å². The van der Waals surface area contributed by atoms with Crippen LogP contribution in [-0.2, 0) is 11.3 Å². The Morgan fingerprint density at radius 3 is 2.66 bits per heavy atom. The van der Waals surface area contributed by atoms with Gasteiger partial charge in [0.2, 0.25) is 11.6 Å².